The summed E-state index contributed by atoms with van der Waals surface area (Å²) < 4.78 is 8.52. The Kier molecular flexibility index (Phi) is 8.85. The molecule has 1 fully saturated rings. The Bertz CT molecular complexity index is 1800. The average Bonchev–Trinajstić information content (AvgIpc) is 3.23. The van der Waals surface area contributed by atoms with Gasteiger partial charge in [0.1, 0.15) is 12.4 Å². The minimum absolute atomic E-state index is 0.0827. The molecule has 2 N–H and O–H groups in total. The summed E-state index contributed by atoms with van der Waals surface area (Å²) in [5.41, 5.74) is 6.26. The molecule has 238 valence electrons. The number of carbonyl (C=O) groups excluding carboxylic acids is 2. The molecule has 7 nitrogen and oxygen atoms in total. The molecule has 1 unspecified atom stereocenters. The van der Waals surface area contributed by atoms with E-state index in [9.17, 15) is 14.4 Å². The van der Waals surface area contributed by atoms with Gasteiger partial charge in [-0.2, -0.15) is 0 Å². The fraction of sp³-hybridized carbons (Fsp3) is 0.359. The van der Waals surface area contributed by atoms with Crippen molar-refractivity contribution in [3.63, 3.8) is 0 Å². The molecule has 3 aromatic carbocycles. The Hall–Kier alpha value is -4.65. The van der Waals surface area contributed by atoms with E-state index in [0.29, 0.717) is 24.6 Å². The summed E-state index contributed by atoms with van der Waals surface area (Å²) in [6, 6.07) is 20.8. The molecule has 4 aromatic rings. The number of para-hydroxylation sites is 1. The number of aliphatic carboxylic acids is 1. The van der Waals surface area contributed by atoms with E-state index in [1.165, 1.54) is 42.0 Å². The molecule has 0 saturated heterocycles. The van der Waals surface area contributed by atoms with E-state index in [1.807, 2.05) is 57.2 Å². The number of aromatic nitrogens is 1. The number of nitrogens with zero attached hydrogens (tertiary/aromatic N) is 1. The molecule has 1 aliphatic carbocycles. The standard InChI is InChI=1S/C39H42N2O5/c1-39(2,3)37(32(42)23-26-15-13-25(14-16-26)17-20-34(43)44)40-38(45)28-18-19-29-31(24-28)41-21-22-46-33-12-8-7-11-30(33)36(41)35(29)27-9-5-4-6-10-27/h7-8,11-20,24,27,37H,4-6,9-10,21-23H2,1-3H3,(H,40,45)(H,43,44)/b20-17+. The van der Waals surface area contributed by atoms with Crippen molar-refractivity contribution in [1.82, 2.24) is 9.88 Å². The largest absolute Gasteiger partial charge is 0.491 e. The van der Waals surface area contributed by atoms with Gasteiger partial charge in [-0.05, 0) is 71.2 Å². The molecule has 1 aromatic heterocycles. The third kappa shape index (κ3) is 6.50. The first-order chi connectivity index (χ1) is 22.1. The van der Waals surface area contributed by atoms with Crippen molar-refractivity contribution in [3.8, 4) is 17.0 Å². The highest BCUT2D eigenvalue weighted by Gasteiger charge is 2.34. The number of carbonyl (C=O) groups is 3. The molecule has 7 heteroatoms. The van der Waals surface area contributed by atoms with Crippen molar-refractivity contribution >= 4 is 34.6 Å². The Balaban J connectivity index is 1.31. The number of benzene rings is 3. The van der Waals surface area contributed by atoms with E-state index >= 15 is 0 Å². The molecule has 1 saturated carbocycles. The Morgan fingerprint density at radius 3 is 2.46 bits per heavy atom. The first-order valence-electron chi connectivity index (χ1n) is 16.3. The van der Waals surface area contributed by atoms with Gasteiger partial charge in [0, 0.05) is 34.5 Å². The zero-order valence-electron chi connectivity index (χ0n) is 26.8. The first kappa shape index (κ1) is 31.3. The van der Waals surface area contributed by atoms with E-state index in [1.54, 1.807) is 12.1 Å². The van der Waals surface area contributed by atoms with Crippen LogP contribution in [0.4, 0.5) is 0 Å². The second-order valence-electron chi connectivity index (χ2n) is 13.7. The highest BCUT2D eigenvalue weighted by Crippen LogP contribution is 2.47. The molecule has 2 heterocycles. The maximum Gasteiger partial charge on any atom is 0.328 e. The third-order valence-electron chi connectivity index (χ3n) is 9.33. The SMILES string of the molecule is CC(C)(C)C(NC(=O)c1ccc2c(C3CCCCC3)c3n(c2c1)CCOc1ccccc1-3)C(=O)Cc1ccc(/C=C/C(=O)O)cc1. The number of nitrogens with one attached hydrogen (secondary N) is 1. The van der Waals surface area contributed by atoms with E-state index in [0.717, 1.165) is 46.9 Å². The van der Waals surface area contributed by atoms with E-state index < -0.39 is 17.4 Å². The van der Waals surface area contributed by atoms with Gasteiger partial charge in [-0.1, -0.05) is 82.5 Å². The Morgan fingerprint density at radius 1 is 1.00 bits per heavy atom. The summed E-state index contributed by atoms with van der Waals surface area (Å²) in [6.07, 6.45) is 8.79. The maximum absolute atomic E-state index is 13.9. The summed E-state index contributed by atoms with van der Waals surface area (Å²) >= 11 is 0. The number of Topliss-reactive ketones (excluding diaryl/α,β-unsaturated/α-hetero) is 1. The maximum atomic E-state index is 13.9. The van der Waals surface area contributed by atoms with Gasteiger partial charge in [0.05, 0.1) is 18.3 Å². The van der Waals surface area contributed by atoms with Gasteiger partial charge in [-0.15, -0.1) is 0 Å². The zero-order chi connectivity index (χ0) is 32.4. The van der Waals surface area contributed by atoms with Crippen LogP contribution in [0.1, 0.15) is 85.8 Å². The van der Waals surface area contributed by atoms with Crippen LogP contribution >= 0.6 is 0 Å². The molecule has 6 rings (SSSR count). The summed E-state index contributed by atoms with van der Waals surface area (Å²) in [4.78, 5) is 38.3. The van der Waals surface area contributed by atoms with Crippen molar-refractivity contribution in [2.45, 2.75) is 77.8 Å². The lowest BCUT2D eigenvalue weighted by Crippen LogP contribution is -2.49. The fourth-order valence-electron chi connectivity index (χ4n) is 7.09. The smallest absolute Gasteiger partial charge is 0.328 e. The number of hydrogen-bond donors (Lipinski definition) is 2. The lowest BCUT2D eigenvalue weighted by atomic mass is 9.81. The minimum atomic E-state index is -1.02. The summed E-state index contributed by atoms with van der Waals surface area (Å²) in [6.45, 7) is 7.11. The number of hydrogen-bond acceptors (Lipinski definition) is 4. The van der Waals surface area contributed by atoms with Crippen LogP contribution in [-0.4, -0.2) is 40.0 Å². The molecule has 0 radical (unpaired) electrons. The highest BCUT2D eigenvalue weighted by molar-refractivity contribution is 6.03. The predicted molar refractivity (Wildman–Crippen MR) is 181 cm³/mol. The molecule has 1 amide bonds. The molecule has 1 aliphatic heterocycles. The van der Waals surface area contributed by atoms with Crippen LogP contribution in [0.3, 0.4) is 0 Å². The summed E-state index contributed by atoms with van der Waals surface area (Å²) in [5.74, 6) is -0.0102. The summed E-state index contributed by atoms with van der Waals surface area (Å²) in [7, 11) is 0. The number of rotatable bonds is 8. The number of carboxylic acids is 1. The molecular weight excluding hydrogens is 576 g/mol. The second kappa shape index (κ2) is 13.0. The number of ether oxygens (including phenoxy) is 1. The zero-order valence-corrected chi connectivity index (χ0v) is 26.8. The van der Waals surface area contributed by atoms with Gasteiger partial charge < -0.3 is 19.7 Å². The lowest BCUT2D eigenvalue weighted by Gasteiger charge is -2.30. The normalized spacial score (nSPS) is 15.9. The van der Waals surface area contributed by atoms with Crippen LogP contribution < -0.4 is 10.1 Å². The molecule has 0 spiro atoms. The third-order valence-corrected chi connectivity index (χ3v) is 9.33. The average molecular weight is 619 g/mol. The van der Waals surface area contributed by atoms with E-state index in [4.69, 9.17) is 9.84 Å². The van der Waals surface area contributed by atoms with Crippen LogP contribution in [0.15, 0.2) is 72.8 Å². The lowest BCUT2D eigenvalue weighted by molar-refractivity contribution is -0.131. The van der Waals surface area contributed by atoms with Crippen molar-refractivity contribution < 1.29 is 24.2 Å². The van der Waals surface area contributed by atoms with E-state index in [2.05, 4.69) is 28.1 Å². The Morgan fingerprint density at radius 2 is 1.74 bits per heavy atom. The molecule has 1 atom stereocenters. The monoisotopic (exact) mass is 618 g/mol. The number of carboxylic acid groups (broad SMARTS) is 1. The first-order valence-corrected chi connectivity index (χ1v) is 16.3. The number of ketones is 1. The topological polar surface area (TPSA) is 97.6 Å². The molecule has 46 heavy (non-hydrogen) atoms. The minimum Gasteiger partial charge on any atom is -0.491 e. The van der Waals surface area contributed by atoms with Crippen molar-refractivity contribution in [1.29, 1.82) is 0 Å². The van der Waals surface area contributed by atoms with Crippen LogP contribution in [0.2, 0.25) is 0 Å². The number of amides is 1. The van der Waals surface area contributed by atoms with E-state index in [-0.39, 0.29) is 18.1 Å². The van der Waals surface area contributed by atoms with Crippen molar-refractivity contribution in [2.75, 3.05) is 6.61 Å². The molecule has 0 bridgehead atoms. The van der Waals surface area contributed by atoms with Crippen molar-refractivity contribution in [3.05, 3.63) is 95.1 Å². The Labute approximate surface area is 270 Å². The highest BCUT2D eigenvalue weighted by atomic mass is 16.5. The molecule has 2 aliphatic rings. The quantitative estimate of drug-likeness (QED) is 0.196. The molecular formula is C39H42N2O5. The van der Waals surface area contributed by atoms with Gasteiger partial charge in [-0.25, -0.2) is 4.79 Å². The predicted octanol–water partition coefficient (Wildman–Crippen LogP) is 7.80. The van der Waals surface area contributed by atoms with Gasteiger partial charge in [0.2, 0.25) is 0 Å². The van der Waals surface area contributed by atoms with Crippen molar-refractivity contribution in [2.24, 2.45) is 5.41 Å². The number of fused-ring (bicyclic) bond motifs is 5. The van der Waals surface area contributed by atoms with Gasteiger partial charge in [-0.3, -0.25) is 9.59 Å². The van der Waals surface area contributed by atoms with Gasteiger partial charge in [0.25, 0.3) is 5.91 Å². The summed E-state index contributed by atoms with van der Waals surface area (Å²) in [5, 5.41) is 13.2. The van der Waals surface area contributed by atoms with Crippen LogP contribution in [0, 0.1) is 5.41 Å². The fourth-order valence-corrected chi connectivity index (χ4v) is 7.09. The van der Waals surface area contributed by atoms with Gasteiger partial charge in [0.15, 0.2) is 5.78 Å². The van der Waals surface area contributed by atoms with Gasteiger partial charge >= 0.3 is 5.97 Å². The van der Waals surface area contributed by atoms with Crippen LogP contribution in [-0.2, 0) is 22.6 Å². The van der Waals surface area contributed by atoms with Crippen LogP contribution in [0.5, 0.6) is 5.75 Å². The van der Waals surface area contributed by atoms with Crippen LogP contribution in [0.25, 0.3) is 28.2 Å². The second-order valence-corrected chi connectivity index (χ2v) is 13.7.